The highest BCUT2D eigenvalue weighted by atomic mass is 16.1. The van der Waals surface area contributed by atoms with Crippen LogP contribution in [0.25, 0.3) is 5.70 Å². The summed E-state index contributed by atoms with van der Waals surface area (Å²) < 4.78 is 0. The van der Waals surface area contributed by atoms with E-state index in [1.54, 1.807) is 0 Å². The lowest BCUT2D eigenvalue weighted by atomic mass is 9.97. The van der Waals surface area contributed by atoms with Crippen molar-refractivity contribution in [3.63, 3.8) is 0 Å². The second kappa shape index (κ2) is 9.12. The number of unbranched alkanes of at least 4 members (excludes halogenated alkanes) is 3. The maximum absolute atomic E-state index is 11.7. The molecular formula is C24H32N4O. The van der Waals surface area contributed by atoms with Crippen molar-refractivity contribution in [2.75, 3.05) is 5.32 Å². The van der Waals surface area contributed by atoms with Crippen LogP contribution in [0.2, 0.25) is 0 Å². The van der Waals surface area contributed by atoms with Gasteiger partial charge in [-0.3, -0.25) is 4.79 Å². The molecule has 1 fully saturated rings. The standard InChI is InChI=1S/C24H32N4O/c1-6-7-8-9-11-16(2)25-20-12-10-13-21-24(20)18(4)28(19(5)27-21)22-14-15-23(29)26-17(22)3/h10,12-13,22,25H,2-4,6-9,11,14-15H2,1,5H3,(H,26,29). The van der Waals surface area contributed by atoms with Gasteiger partial charge in [0.25, 0.3) is 0 Å². The molecule has 5 nitrogen and oxygen atoms in total. The molecule has 2 N–H and O–H groups in total. The number of hydrogen-bond donors (Lipinski definition) is 2. The Labute approximate surface area is 174 Å². The second-order valence-electron chi connectivity index (χ2n) is 7.84. The lowest BCUT2D eigenvalue weighted by Crippen LogP contribution is -2.47. The fraction of sp³-hybridized carbons (Fsp3) is 0.417. The van der Waals surface area contributed by atoms with E-state index in [0.717, 1.165) is 47.0 Å². The predicted molar refractivity (Wildman–Crippen MR) is 122 cm³/mol. The molecule has 154 valence electrons. The summed E-state index contributed by atoms with van der Waals surface area (Å²) in [6.45, 7) is 16.9. The molecule has 29 heavy (non-hydrogen) atoms. The normalized spacial score (nSPS) is 18.8. The smallest absolute Gasteiger partial charge is 0.224 e. The first-order valence-electron chi connectivity index (χ1n) is 10.5. The van der Waals surface area contributed by atoms with Crippen LogP contribution in [0.3, 0.4) is 0 Å². The molecule has 2 aliphatic rings. The van der Waals surface area contributed by atoms with E-state index < -0.39 is 0 Å². The zero-order valence-corrected chi connectivity index (χ0v) is 17.7. The quantitative estimate of drug-likeness (QED) is 0.557. The zero-order valence-electron chi connectivity index (χ0n) is 17.7. The van der Waals surface area contributed by atoms with Gasteiger partial charge < -0.3 is 15.5 Å². The second-order valence-corrected chi connectivity index (χ2v) is 7.84. The SMILES string of the molecule is C=C(CCCCCC)Nc1cccc2c1C(=C)N(C1CCC(=O)NC1=C)C(C)=N2. The minimum Gasteiger partial charge on any atom is -0.359 e. The third kappa shape index (κ3) is 4.61. The largest absolute Gasteiger partial charge is 0.359 e. The molecule has 1 unspecified atom stereocenters. The van der Waals surface area contributed by atoms with Crippen LogP contribution in [0.15, 0.2) is 54.3 Å². The summed E-state index contributed by atoms with van der Waals surface area (Å²) in [6.07, 6.45) is 6.98. The molecule has 0 radical (unpaired) electrons. The van der Waals surface area contributed by atoms with Crippen LogP contribution >= 0.6 is 0 Å². The van der Waals surface area contributed by atoms with Gasteiger partial charge in [0, 0.05) is 34.8 Å². The Morgan fingerprint density at radius 3 is 2.83 bits per heavy atom. The summed E-state index contributed by atoms with van der Waals surface area (Å²) in [7, 11) is 0. The fourth-order valence-corrected chi connectivity index (χ4v) is 4.07. The van der Waals surface area contributed by atoms with E-state index in [1.165, 1.54) is 19.3 Å². The number of carbonyl (C=O) groups is 1. The fourth-order valence-electron chi connectivity index (χ4n) is 4.07. The Morgan fingerprint density at radius 2 is 2.10 bits per heavy atom. The van der Waals surface area contributed by atoms with Crippen LogP contribution in [0.4, 0.5) is 11.4 Å². The van der Waals surface area contributed by atoms with Gasteiger partial charge in [-0.05, 0) is 38.3 Å². The maximum atomic E-state index is 11.7. The Kier molecular flexibility index (Phi) is 6.57. The average Bonchev–Trinajstić information content (AvgIpc) is 2.66. The Morgan fingerprint density at radius 1 is 1.31 bits per heavy atom. The van der Waals surface area contributed by atoms with Gasteiger partial charge in [0.2, 0.25) is 5.91 Å². The van der Waals surface area contributed by atoms with Crippen molar-refractivity contribution in [1.29, 1.82) is 0 Å². The molecule has 1 aromatic carbocycles. The molecular weight excluding hydrogens is 360 g/mol. The van der Waals surface area contributed by atoms with Gasteiger partial charge in [0.1, 0.15) is 5.84 Å². The number of carbonyl (C=O) groups excluding carboxylic acids is 1. The number of nitrogens with one attached hydrogen (secondary N) is 2. The number of aliphatic imine (C=N–C) groups is 1. The van der Waals surface area contributed by atoms with Crippen molar-refractivity contribution < 1.29 is 4.79 Å². The van der Waals surface area contributed by atoms with Crippen LogP contribution in [0.5, 0.6) is 0 Å². The first-order valence-corrected chi connectivity index (χ1v) is 10.5. The third-order valence-electron chi connectivity index (χ3n) is 5.56. The number of amidine groups is 1. The average molecular weight is 393 g/mol. The molecule has 2 heterocycles. The van der Waals surface area contributed by atoms with Crippen molar-refractivity contribution in [3.05, 3.63) is 54.9 Å². The minimum atomic E-state index is -0.0394. The summed E-state index contributed by atoms with van der Waals surface area (Å²) >= 11 is 0. The molecule has 0 aliphatic carbocycles. The highest BCUT2D eigenvalue weighted by Gasteiger charge is 2.33. The number of benzene rings is 1. The zero-order chi connectivity index (χ0) is 21.0. The van der Waals surface area contributed by atoms with E-state index in [-0.39, 0.29) is 11.9 Å². The topological polar surface area (TPSA) is 56.7 Å². The first-order chi connectivity index (χ1) is 13.9. The number of anilines is 1. The number of piperidine rings is 1. The number of nitrogens with zero attached hydrogens (tertiary/aromatic N) is 2. The van der Waals surface area contributed by atoms with Gasteiger partial charge in [-0.1, -0.05) is 52.0 Å². The number of allylic oxidation sites excluding steroid dienone is 1. The van der Waals surface area contributed by atoms with E-state index >= 15 is 0 Å². The van der Waals surface area contributed by atoms with Crippen molar-refractivity contribution >= 4 is 28.8 Å². The monoisotopic (exact) mass is 392 g/mol. The number of hydrogen-bond acceptors (Lipinski definition) is 4. The number of amides is 1. The van der Waals surface area contributed by atoms with E-state index in [9.17, 15) is 4.79 Å². The van der Waals surface area contributed by atoms with Crippen LogP contribution in [-0.2, 0) is 4.79 Å². The van der Waals surface area contributed by atoms with Gasteiger partial charge in [0.15, 0.2) is 0 Å². The van der Waals surface area contributed by atoms with Crippen molar-refractivity contribution in [2.24, 2.45) is 4.99 Å². The van der Waals surface area contributed by atoms with Gasteiger partial charge in [-0.25, -0.2) is 4.99 Å². The third-order valence-corrected chi connectivity index (χ3v) is 5.56. The molecule has 1 amide bonds. The summed E-state index contributed by atoms with van der Waals surface area (Å²) in [4.78, 5) is 18.6. The van der Waals surface area contributed by atoms with Gasteiger partial charge in [-0.15, -0.1) is 0 Å². The van der Waals surface area contributed by atoms with Crippen LogP contribution in [0, 0.1) is 0 Å². The maximum Gasteiger partial charge on any atom is 0.224 e. The van der Waals surface area contributed by atoms with Crippen molar-refractivity contribution in [1.82, 2.24) is 10.2 Å². The molecule has 1 atom stereocenters. The van der Waals surface area contributed by atoms with Gasteiger partial charge in [0.05, 0.1) is 11.7 Å². The highest BCUT2D eigenvalue weighted by molar-refractivity contribution is 6.00. The molecule has 0 aromatic heterocycles. The number of rotatable bonds is 8. The molecule has 0 saturated carbocycles. The van der Waals surface area contributed by atoms with Crippen LogP contribution in [-0.4, -0.2) is 22.7 Å². The Balaban J connectivity index is 1.82. The van der Waals surface area contributed by atoms with Crippen LogP contribution in [0.1, 0.15) is 64.4 Å². The molecule has 2 aliphatic heterocycles. The lowest BCUT2D eigenvalue weighted by molar-refractivity contribution is -0.121. The predicted octanol–water partition coefficient (Wildman–Crippen LogP) is 5.71. The van der Waals surface area contributed by atoms with Gasteiger partial charge in [-0.2, -0.15) is 0 Å². The number of fused-ring (bicyclic) bond motifs is 1. The first kappa shape index (κ1) is 20.9. The van der Waals surface area contributed by atoms with Gasteiger partial charge >= 0.3 is 0 Å². The Hall–Kier alpha value is -2.82. The molecule has 5 heteroatoms. The van der Waals surface area contributed by atoms with E-state index in [4.69, 9.17) is 4.99 Å². The lowest BCUT2D eigenvalue weighted by Gasteiger charge is -2.40. The minimum absolute atomic E-state index is 0.0191. The van der Waals surface area contributed by atoms with Crippen LogP contribution < -0.4 is 10.6 Å². The Bertz CT molecular complexity index is 868. The van der Waals surface area contributed by atoms with E-state index in [1.807, 2.05) is 25.1 Å². The molecule has 0 spiro atoms. The van der Waals surface area contributed by atoms with E-state index in [0.29, 0.717) is 18.5 Å². The summed E-state index contributed by atoms with van der Waals surface area (Å²) in [5.74, 6) is 0.880. The van der Waals surface area contributed by atoms with E-state index in [2.05, 4.69) is 42.2 Å². The summed E-state index contributed by atoms with van der Waals surface area (Å²) in [5.41, 5.74) is 5.44. The highest BCUT2D eigenvalue weighted by Crippen LogP contribution is 2.41. The molecule has 0 bridgehead atoms. The van der Waals surface area contributed by atoms with Crippen molar-refractivity contribution in [2.45, 2.75) is 64.8 Å². The molecule has 1 aromatic rings. The molecule has 1 saturated heterocycles. The summed E-state index contributed by atoms with van der Waals surface area (Å²) in [6, 6.07) is 6.02. The molecule has 3 rings (SSSR count). The summed E-state index contributed by atoms with van der Waals surface area (Å²) in [5, 5.41) is 6.36. The van der Waals surface area contributed by atoms with Crippen molar-refractivity contribution in [3.8, 4) is 0 Å².